The first kappa shape index (κ1) is 12.0. The van der Waals surface area contributed by atoms with E-state index in [2.05, 4.69) is 0 Å². The van der Waals surface area contributed by atoms with Gasteiger partial charge in [-0.1, -0.05) is 0 Å². The Balaban J connectivity index is 2.08. The Kier molecular flexibility index (Phi) is 3.38. The Hall–Kier alpha value is -1.49. The van der Waals surface area contributed by atoms with E-state index in [1.54, 1.807) is 12.1 Å². The fourth-order valence-corrected chi connectivity index (χ4v) is 2.86. The molecule has 1 atom stereocenters. The molecule has 1 heterocycles. The summed E-state index contributed by atoms with van der Waals surface area (Å²) in [5.41, 5.74) is 6.28. The minimum Gasteiger partial charge on any atom is -0.399 e. The largest absolute Gasteiger partial charge is 0.399 e. The van der Waals surface area contributed by atoms with Crippen molar-refractivity contribution < 1.29 is 9.59 Å². The SMILES string of the molecule is CCN1C(=O)CC(Sc2ccc(N)cc2)C1=O. The smallest absolute Gasteiger partial charge is 0.243 e. The van der Waals surface area contributed by atoms with E-state index in [0.717, 1.165) is 4.90 Å². The topological polar surface area (TPSA) is 63.4 Å². The standard InChI is InChI=1S/C12H14N2O2S/c1-2-14-11(15)7-10(12(14)16)17-9-5-3-8(13)4-6-9/h3-6,10H,2,7,13H2,1H3. The van der Waals surface area contributed by atoms with Gasteiger partial charge in [-0.05, 0) is 31.2 Å². The number of nitrogens with zero attached hydrogens (tertiary/aromatic N) is 1. The van der Waals surface area contributed by atoms with E-state index in [0.29, 0.717) is 18.7 Å². The van der Waals surface area contributed by atoms with Gasteiger partial charge in [-0.2, -0.15) is 0 Å². The summed E-state index contributed by atoms with van der Waals surface area (Å²) in [5.74, 6) is -0.162. The highest BCUT2D eigenvalue weighted by Gasteiger charge is 2.37. The summed E-state index contributed by atoms with van der Waals surface area (Å²) in [6.07, 6.45) is 0.293. The number of nitrogens with two attached hydrogens (primary N) is 1. The predicted molar refractivity (Wildman–Crippen MR) is 67.5 cm³/mol. The third-order valence-electron chi connectivity index (χ3n) is 2.68. The zero-order valence-corrected chi connectivity index (χ0v) is 10.4. The predicted octanol–water partition coefficient (Wildman–Crippen LogP) is 1.51. The molecule has 1 aromatic carbocycles. The molecule has 0 bridgehead atoms. The van der Waals surface area contributed by atoms with Crippen LogP contribution in [0.2, 0.25) is 0 Å². The zero-order chi connectivity index (χ0) is 12.4. The summed E-state index contributed by atoms with van der Waals surface area (Å²) in [5, 5.41) is -0.286. The Morgan fingerprint density at radius 1 is 1.35 bits per heavy atom. The first-order chi connectivity index (χ1) is 8.11. The van der Waals surface area contributed by atoms with Crippen LogP contribution in [0.3, 0.4) is 0 Å². The normalized spacial score (nSPS) is 20.1. The van der Waals surface area contributed by atoms with Crippen LogP contribution in [0.1, 0.15) is 13.3 Å². The number of amides is 2. The Morgan fingerprint density at radius 2 is 2.00 bits per heavy atom. The lowest BCUT2D eigenvalue weighted by molar-refractivity contribution is -0.137. The van der Waals surface area contributed by atoms with Crippen molar-refractivity contribution in [3.63, 3.8) is 0 Å². The average Bonchev–Trinajstić information content (AvgIpc) is 2.57. The van der Waals surface area contributed by atoms with Crippen molar-refractivity contribution in [2.45, 2.75) is 23.5 Å². The van der Waals surface area contributed by atoms with Crippen LogP contribution in [0.5, 0.6) is 0 Å². The first-order valence-electron chi connectivity index (χ1n) is 5.48. The molecule has 0 spiro atoms. The van der Waals surface area contributed by atoms with Crippen molar-refractivity contribution in [3.8, 4) is 0 Å². The molecule has 1 aliphatic rings. The average molecular weight is 250 g/mol. The molecule has 90 valence electrons. The maximum Gasteiger partial charge on any atom is 0.243 e. The van der Waals surface area contributed by atoms with Gasteiger partial charge < -0.3 is 5.73 Å². The quantitative estimate of drug-likeness (QED) is 0.652. The minimum absolute atomic E-state index is 0.0783. The summed E-state index contributed by atoms with van der Waals surface area (Å²) in [6, 6.07) is 7.32. The summed E-state index contributed by atoms with van der Waals surface area (Å²) < 4.78 is 0. The molecular formula is C12H14N2O2S. The van der Waals surface area contributed by atoms with Crippen LogP contribution in [0, 0.1) is 0 Å². The molecule has 0 aromatic heterocycles. The number of likely N-dealkylation sites (tertiary alicyclic amines) is 1. The second-order valence-electron chi connectivity index (χ2n) is 3.86. The van der Waals surface area contributed by atoms with E-state index in [9.17, 15) is 9.59 Å². The molecule has 5 heteroatoms. The maximum atomic E-state index is 11.9. The molecular weight excluding hydrogens is 236 g/mol. The van der Waals surface area contributed by atoms with Gasteiger partial charge in [0.15, 0.2) is 0 Å². The van der Waals surface area contributed by atoms with Crippen molar-refractivity contribution in [1.82, 2.24) is 4.90 Å². The number of hydrogen-bond donors (Lipinski definition) is 1. The third-order valence-corrected chi connectivity index (χ3v) is 3.87. The summed E-state index contributed by atoms with van der Waals surface area (Å²) in [7, 11) is 0. The second kappa shape index (κ2) is 4.79. The van der Waals surface area contributed by atoms with Crippen molar-refractivity contribution >= 4 is 29.3 Å². The van der Waals surface area contributed by atoms with Crippen molar-refractivity contribution in [2.24, 2.45) is 0 Å². The maximum absolute atomic E-state index is 11.9. The highest BCUT2D eigenvalue weighted by molar-refractivity contribution is 8.00. The number of benzene rings is 1. The molecule has 1 unspecified atom stereocenters. The number of nitrogen functional groups attached to an aromatic ring is 1. The van der Waals surface area contributed by atoms with Gasteiger partial charge in [-0.15, -0.1) is 11.8 Å². The fourth-order valence-electron chi connectivity index (χ4n) is 1.79. The van der Waals surface area contributed by atoms with Crippen LogP contribution in [-0.2, 0) is 9.59 Å². The van der Waals surface area contributed by atoms with Gasteiger partial charge in [-0.25, -0.2) is 0 Å². The summed E-state index contributed by atoms with van der Waals surface area (Å²) in [4.78, 5) is 25.7. The lowest BCUT2D eigenvalue weighted by Gasteiger charge is -2.11. The van der Waals surface area contributed by atoms with Gasteiger partial charge >= 0.3 is 0 Å². The van der Waals surface area contributed by atoms with E-state index in [-0.39, 0.29) is 17.1 Å². The number of carbonyl (C=O) groups is 2. The molecule has 4 nitrogen and oxygen atoms in total. The Bertz CT molecular complexity index is 444. The molecule has 2 amide bonds. The second-order valence-corrected chi connectivity index (χ2v) is 5.13. The van der Waals surface area contributed by atoms with Crippen LogP contribution < -0.4 is 5.73 Å². The van der Waals surface area contributed by atoms with Gasteiger partial charge in [0, 0.05) is 23.5 Å². The van der Waals surface area contributed by atoms with Crippen LogP contribution in [0.15, 0.2) is 29.2 Å². The van der Waals surface area contributed by atoms with Gasteiger partial charge in [-0.3, -0.25) is 14.5 Å². The number of hydrogen-bond acceptors (Lipinski definition) is 4. The monoisotopic (exact) mass is 250 g/mol. The molecule has 17 heavy (non-hydrogen) atoms. The molecule has 1 aliphatic heterocycles. The number of imide groups is 1. The Morgan fingerprint density at radius 3 is 2.53 bits per heavy atom. The van der Waals surface area contributed by atoms with Crippen LogP contribution in [0.25, 0.3) is 0 Å². The van der Waals surface area contributed by atoms with E-state index < -0.39 is 0 Å². The van der Waals surface area contributed by atoms with E-state index >= 15 is 0 Å². The van der Waals surface area contributed by atoms with Crippen LogP contribution in [0.4, 0.5) is 5.69 Å². The van der Waals surface area contributed by atoms with Gasteiger partial charge in [0.1, 0.15) is 0 Å². The van der Waals surface area contributed by atoms with Crippen LogP contribution in [-0.4, -0.2) is 28.5 Å². The molecule has 0 saturated carbocycles. The molecule has 1 saturated heterocycles. The number of rotatable bonds is 3. The molecule has 1 aromatic rings. The summed E-state index contributed by atoms with van der Waals surface area (Å²) >= 11 is 1.42. The van der Waals surface area contributed by atoms with E-state index in [1.165, 1.54) is 16.7 Å². The van der Waals surface area contributed by atoms with E-state index in [1.807, 2.05) is 19.1 Å². The molecule has 2 N–H and O–H groups in total. The molecule has 0 aliphatic carbocycles. The highest BCUT2D eigenvalue weighted by Crippen LogP contribution is 2.31. The molecule has 0 radical (unpaired) electrons. The van der Waals surface area contributed by atoms with Gasteiger partial charge in [0.05, 0.1) is 5.25 Å². The van der Waals surface area contributed by atoms with Gasteiger partial charge in [0.2, 0.25) is 11.8 Å². The lowest BCUT2D eigenvalue weighted by atomic mass is 10.3. The summed E-state index contributed by atoms with van der Waals surface area (Å²) in [6.45, 7) is 2.27. The number of anilines is 1. The fraction of sp³-hybridized carbons (Fsp3) is 0.333. The highest BCUT2D eigenvalue weighted by atomic mass is 32.2. The van der Waals surface area contributed by atoms with Crippen molar-refractivity contribution in [3.05, 3.63) is 24.3 Å². The zero-order valence-electron chi connectivity index (χ0n) is 9.55. The minimum atomic E-state index is -0.286. The van der Waals surface area contributed by atoms with Crippen LogP contribution >= 0.6 is 11.8 Å². The molecule has 2 rings (SSSR count). The van der Waals surface area contributed by atoms with Crippen molar-refractivity contribution in [1.29, 1.82) is 0 Å². The lowest BCUT2D eigenvalue weighted by Crippen LogP contribution is -2.30. The first-order valence-corrected chi connectivity index (χ1v) is 6.36. The third kappa shape index (κ3) is 2.44. The van der Waals surface area contributed by atoms with E-state index in [4.69, 9.17) is 5.73 Å². The Labute approximate surface area is 104 Å². The number of carbonyl (C=O) groups excluding carboxylic acids is 2. The number of thioether (sulfide) groups is 1. The molecule has 1 fully saturated rings. The van der Waals surface area contributed by atoms with Crippen molar-refractivity contribution in [2.75, 3.05) is 12.3 Å². The van der Waals surface area contributed by atoms with Gasteiger partial charge in [0.25, 0.3) is 0 Å².